The van der Waals surface area contributed by atoms with Crippen LogP contribution in [0.1, 0.15) is 64.7 Å². The first kappa shape index (κ1) is 21.6. The smallest absolute Gasteiger partial charge is 0.114 e. The Labute approximate surface area is 146 Å². The minimum atomic E-state index is -1.00. The van der Waals surface area contributed by atoms with Gasteiger partial charge in [0, 0.05) is 6.61 Å². The van der Waals surface area contributed by atoms with Crippen LogP contribution in [0.15, 0.2) is 12.2 Å². The maximum absolute atomic E-state index is 9.83. The van der Waals surface area contributed by atoms with Crippen LogP contribution in [0.2, 0.25) is 0 Å². The average Bonchev–Trinajstić information content (AvgIpc) is 2.96. The van der Waals surface area contributed by atoms with Gasteiger partial charge in [0.1, 0.15) is 24.4 Å². The zero-order valence-corrected chi connectivity index (χ0v) is 15.1. The molecular formula is C19H36O5. The molecule has 1 fully saturated rings. The highest BCUT2D eigenvalue weighted by atomic mass is 16.6. The summed E-state index contributed by atoms with van der Waals surface area (Å²) < 4.78 is 11.0. The predicted molar refractivity (Wildman–Crippen MR) is 94.9 cm³/mol. The summed E-state index contributed by atoms with van der Waals surface area (Å²) in [4.78, 5) is 0. The minimum Gasteiger partial charge on any atom is -0.394 e. The molecule has 0 aromatic rings. The van der Waals surface area contributed by atoms with Crippen molar-refractivity contribution in [3.05, 3.63) is 12.2 Å². The third kappa shape index (κ3) is 8.58. The molecule has 5 nitrogen and oxygen atoms in total. The van der Waals surface area contributed by atoms with Crippen molar-refractivity contribution in [3.8, 4) is 0 Å². The van der Waals surface area contributed by atoms with Crippen LogP contribution in [0.5, 0.6) is 0 Å². The predicted octanol–water partition coefficient (Wildman–Crippen LogP) is 2.57. The first-order chi connectivity index (χ1) is 11.7. The van der Waals surface area contributed by atoms with Gasteiger partial charge in [-0.15, -0.1) is 0 Å². The van der Waals surface area contributed by atoms with Crippen LogP contribution in [0.25, 0.3) is 0 Å². The standard InChI is InChI=1S/C19H36O5/c1-2-3-4-5-6-7-8-9-10-11-12-13-23-19-17(22)15-24-18(19)16(21)14-20/h6-7,16-22H,2-5,8-15H2,1H3/b7-6+/t16-,17+,18-,19-/m0/s1. The number of allylic oxidation sites excluding steroid dienone is 2. The van der Waals surface area contributed by atoms with Gasteiger partial charge in [-0.3, -0.25) is 0 Å². The van der Waals surface area contributed by atoms with Crippen LogP contribution in [-0.4, -0.2) is 59.6 Å². The fraction of sp³-hybridized carbons (Fsp3) is 0.895. The monoisotopic (exact) mass is 344 g/mol. The molecule has 1 aliphatic rings. The van der Waals surface area contributed by atoms with Crippen molar-refractivity contribution in [1.82, 2.24) is 0 Å². The van der Waals surface area contributed by atoms with Gasteiger partial charge in [-0.1, -0.05) is 44.8 Å². The summed E-state index contributed by atoms with van der Waals surface area (Å²) >= 11 is 0. The van der Waals surface area contributed by atoms with Gasteiger partial charge in [0.15, 0.2) is 0 Å². The zero-order valence-electron chi connectivity index (χ0n) is 15.1. The van der Waals surface area contributed by atoms with Crippen molar-refractivity contribution in [2.75, 3.05) is 19.8 Å². The van der Waals surface area contributed by atoms with E-state index in [0.29, 0.717) is 6.61 Å². The molecule has 24 heavy (non-hydrogen) atoms. The van der Waals surface area contributed by atoms with E-state index in [1.165, 1.54) is 38.5 Å². The third-order valence-corrected chi connectivity index (χ3v) is 4.45. The van der Waals surface area contributed by atoms with E-state index >= 15 is 0 Å². The van der Waals surface area contributed by atoms with Gasteiger partial charge in [0.05, 0.1) is 13.2 Å². The summed E-state index contributed by atoms with van der Waals surface area (Å²) in [5.41, 5.74) is 0. The van der Waals surface area contributed by atoms with Gasteiger partial charge in [0.25, 0.3) is 0 Å². The maximum atomic E-state index is 9.83. The highest BCUT2D eigenvalue weighted by molar-refractivity contribution is 4.89. The summed E-state index contributed by atoms with van der Waals surface area (Å²) in [7, 11) is 0. The lowest BCUT2D eigenvalue weighted by molar-refractivity contribution is -0.0938. The Morgan fingerprint density at radius 3 is 2.42 bits per heavy atom. The molecule has 0 aromatic heterocycles. The van der Waals surface area contributed by atoms with Gasteiger partial charge >= 0.3 is 0 Å². The molecule has 0 aromatic carbocycles. The number of rotatable bonds is 14. The van der Waals surface area contributed by atoms with Gasteiger partial charge in [-0.25, -0.2) is 0 Å². The fourth-order valence-electron chi connectivity index (χ4n) is 2.94. The number of hydrogen-bond acceptors (Lipinski definition) is 5. The molecule has 1 heterocycles. The Hall–Kier alpha value is -0.460. The van der Waals surface area contributed by atoms with Crippen molar-refractivity contribution in [2.24, 2.45) is 0 Å². The normalized spacial score (nSPS) is 25.6. The zero-order chi connectivity index (χ0) is 17.6. The Morgan fingerprint density at radius 1 is 1.08 bits per heavy atom. The molecule has 0 aliphatic carbocycles. The molecule has 0 bridgehead atoms. The number of ether oxygens (including phenoxy) is 2. The van der Waals surface area contributed by atoms with Crippen LogP contribution in [0.3, 0.4) is 0 Å². The highest BCUT2D eigenvalue weighted by Crippen LogP contribution is 2.21. The van der Waals surface area contributed by atoms with Crippen LogP contribution < -0.4 is 0 Å². The van der Waals surface area contributed by atoms with E-state index in [4.69, 9.17) is 14.6 Å². The van der Waals surface area contributed by atoms with Crippen molar-refractivity contribution in [1.29, 1.82) is 0 Å². The second-order valence-corrected chi connectivity index (χ2v) is 6.62. The molecule has 5 heteroatoms. The lowest BCUT2D eigenvalue weighted by Crippen LogP contribution is -2.42. The Morgan fingerprint density at radius 2 is 1.75 bits per heavy atom. The second-order valence-electron chi connectivity index (χ2n) is 6.62. The Kier molecular flexibility index (Phi) is 12.4. The fourth-order valence-corrected chi connectivity index (χ4v) is 2.94. The minimum absolute atomic E-state index is 0.150. The SMILES string of the molecule is CCCCC/C=C/CCCCCCO[C@@H]1[C@H]([C@@H](O)CO)OC[C@H]1O. The van der Waals surface area contributed by atoms with Gasteiger partial charge in [-0.05, 0) is 32.1 Å². The van der Waals surface area contributed by atoms with Crippen LogP contribution in [-0.2, 0) is 9.47 Å². The summed E-state index contributed by atoms with van der Waals surface area (Å²) in [6.07, 6.45) is 12.3. The van der Waals surface area contributed by atoms with Crippen LogP contribution >= 0.6 is 0 Å². The van der Waals surface area contributed by atoms with Crippen LogP contribution in [0.4, 0.5) is 0 Å². The topological polar surface area (TPSA) is 79.2 Å². The van der Waals surface area contributed by atoms with E-state index in [-0.39, 0.29) is 13.2 Å². The molecule has 3 N–H and O–H groups in total. The van der Waals surface area contributed by atoms with Crippen molar-refractivity contribution < 1.29 is 24.8 Å². The van der Waals surface area contributed by atoms with E-state index in [2.05, 4.69) is 19.1 Å². The molecule has 1 rings (SSSR count). The average molecular weight is 344 g/mol. The first-order valence-electron chi connectivity index (χ1n) is 9.55. The number of aliphatic hydroxyl groups is 3. The van der Waals surface area contributed by atoms with Crippen LogP contribution in [0, 0.1) is 0 Å². The Bertz CT molecular complexity index is 321. The second kappa shape index (κ2) is 13.8. The van der Waals surface area contributed by atoms with E-state index in [1.807, 2.05) is 0 Å². The highest BCUT2D eigenvalue weighted by Gasteiger charge is 2.40. The van der Waals surface area contributed by atoms with E-state index in [0.717, 1.165) is 19.3 Å². The molecule has 0 unspecified atom stereocenters. The summed E-state index contributed by atoms with van der Waals surface area (Å²) in [5, 5.41) is 28.5. The first-order valence-corrected chi connectivity index (χ1v) is 9.55. The van der Waals surface area contributed by atoms with Gasteiger partial charge < -0.3 is 24.8 Å². The quantitative estimate of drug-likeness (QED) is 0.333. The third-order valence-electron chi connectivity index (χ3n) is 4.45. The lowest BCUT2D eigenvalue weighted by Gasteiger charge is -2.23. The van der Waals surface area contributed by atoms with Gasteiger partial charge in [0.2, 0.25) is 0 Å². The van der Waals surface area contributed by atoms with E-state index in [1.54, 1.807) is 0 Å². The molecule has 1 aliphatic heterocycles. The molecule has 4 atom stereocenters. The van der Waals surface area contributed by atoms with Crippen molar-refractivity contribution in [3.63, 3.8) is 0 Å². The molecule has 0 radical (unpaired) electrons. The number of hydrogen-bond donors (Lipinski definition) is 3. The summed E-state index contributed by atoms with van der Waals surface area (Å²) in [6, 6.07) is 0. The van der Waals surface area contributed by atoms with E-state index in [9.17, 15) is 10.2 Å². The maximum Gasteiger partial charge on any atom is 0.114 e. The summed E-state index contributed by atoms with van der Waals surface area (Å²) in [5.74, 6) is 0. The number of aliphatic hydroxyl groups excluding tert-OH is 3. The largest absolute Gasteiger partial charge is 0.394 e. The molecule has 0 saturated carbocycles. The lowest BCUT2D eigenvalue weighted by atomic mass is 10.1. The molecular weight excluding hydrogens is 308 g/mol. The molecule has 1 saturated heterocycles. The van der Waals surface area contributed by atoms with E-state index < -0.39 is 24.4 Å². The van der Waals surface area contributed by atoms with Gasteiger partial charge in [-0.2, -0.15) is 0 Å². The number of unbranched alkanes of at least 4 members (excludes halogenated alkanes) is 7. The van der Waals surface area contributed by atoms with Crippen molar-refractivity contribution >= 4 is 0 Å². The molecule has 0 spiro atoms. The molecule has 142 valence electrons. The van der Waals surface area contributed by atoms with Crippen molar-refractivity contribution in [2.45, 2.75) is 89.1 Å². The summed E-state index contributed by atoms with van der Waals surface area (Å²) in [6.45, 7) is 2.54. The molecule has 0 amide bonds. The Balaban J connectivity index is 1.99.